The summed E-state index contributed by atoms with van der Waals surface area (Å²) in [6, 6.07) is 6.31. The molecule has 37 heavy (non-hydrogen) atoms. The molecular weight excluding hydrogens is 546 g/mol. The number of nitrogens with one attached hydrogen (secondary N) is 1. The van der Waals surface area contributed by atoms with E-state index in [1.807, 2.05) is 0 Å². The summed E-state index contributed by atoms with van der Waals surface area (Å²) in [5, 5.41) is 18.8. The Bertz CT molecular complexity index is 1340. The lowest BCUT2D eigenvalue weighted by atomic mass is 10.0. The molecule has 0 aliphatic carbocycles. The number of halogens is 1. The highest BCUT2D eigenvalue weighted by atomic mass is 79.9. The SMILES string of the molecule is CCC(CCCOc1c(-c2cc(C(=O)OC)cn(C)c2=O)cnn1C)CNc1cc(Br)ccc1[N+](=O)[O-]. The minimum absolute atomic E-state index is 0.0348. The van der Waals surface area contributed by atoms with Gasteiger partial charge in [-0.15, -0.1) is 0 Å². The third-order valence-electron chi connectivity index (χ3n) is 6.09. The number of carbonyl (C=O) groups is 1. The number of ether oxygens (including phenoxy) is 2. The number of nitrogens with zero attached hydrogens (tertiary/aromatic N) is 4. The largest absolute Gasteiger partial charge is 0.477 e. The molecule has 11 nitrogen and oxygen atoms in total. The summed E-state index contributed by atoms with van der Waals surface area (Å²) in [4.78, 5) is 35.7. The number of hydrogen-bond donors (Lipinski definition) is 1. The zero-order chi connectivity index (χ0) is 27.1. The summed E-state index contributed by atoms with van der Waals surface area (Å²) >= 11 is 3.36. The molecule has 1 atom stereocenters. The van der Waals surface area contributed by atoms with Gasteiger partial charge in [0.15, 0.2) is 0 Å². The van der Waals surface area contributed by atoms with Crippen LogP contribution in [0.4, 0.5) is 11.4 Å². The molecule has 1 N–H and O–H groups in total. The van der Waals surface area contributed by atoms with Gasteiger partial charge in [0.2, 0.25) is 5.88 Å². The maximum atomic E-state index is 12.8. The van der Waals surface area contributed by atoms with Gasteiger partial charge in [0.25, 0.3) is 11.2 Å². The van der Waals surface area contributed by atoms with Crippen molar-refractivity contribution >= 4 is 33.3 Å². The van der Waals surface area contributed by atoms with Crippen LogP contribution in [0.25, 0.3) is 11.1 Å². The van der Waals surface area contributed by atoms with Gasteiger partial charge in [-0.3, -0.25) is 14.9 Å². The van der Waals surface area contributed by atoms with Crippen molar-refractivity contribution in [1.82, 2.24) is 14.3 Å². The van der Waals surface area contributed by atoms with E-state index < -0.39 is 10.9 Å². The Morgan fingerprint density at radius 3 is 2.70 bits per heavy atom. The number of hydrogen-bond acceptors (Lipinski definition) is 8. The molecule has 1 aromatic carbocycles. The van der Waals surface area contributed by atoms with Crippen molar-refractivity contribution in [1.29, 1.82) is 0 Å². The van der Waals surface area contributed by atoms with Crippen LogP contribution < -0.4 is 15.6 Å². The van der Waals surface area contributed by atoms with Crippen molar-refractivity contribution in [3.8, 4) is 17.0 Å². The van der Waals surface area contributed by atoms with E-state index in [1.165, 1.54) is 36.2 Å². The molecule has 2 heterocycles. The number of nitro benzene ring substituents is 1. The third-order valence-corrected chi connectivity index (χ3v) is 6.58. The molecule has 0 radical (unpaired) electrons. The van der Waals surface area contributed by atoms with Crippen molar-refractivity contribution in [2.45, 2.75) is 26.2 Å². The van der Waals surface area contributed by atoms with Crippen molar-refractivity contribution in [3.63, 3.8) is 0 Å². The lowest BCUT2D eigenvalue weighted by molar-refractivity contribution is -0.384. The van der Waals surface area contributed by atoms with Crippen LogP contribution in [0.3, 0.4) is 0 Å². The lowest BCUT2D eigenvalue weighted by Gasteiger charge is -2.17. The summed E-state index contributed by atoms with van der Waals surface area (Å²) in [6.45, 7) is 3.05. The van der Waals surface area contributed by atoms with E-state index in [-0.39, 0.29) is 22.7 Å². The van der Waals surface area contributed by atoms with Crippen LogP contribution in [0.1, 0.15) is 36.5 Å². The van der Waals surface area contributed by atoms with E-state index in [2.05, 4.69) is 33.3 Å². The average Bonchev–Trinajstić information content (AvgIpc) is 3.24. The summed E-state index contributed by atoms with van der Waals surface area (Å²) < 4.78 is 14.5. The number of rotatable bonds is 12. The Morgan fingerprint density at radius 1 is 1.27 bits per heavy atom. The zero-order valence-corrected chi connectivity index (χ0v) is 22.8. The molecule has 12 heteroatoms. The maximum Gasteiger partial charge on any atom is 0.339 e. The molecule has 0 spiro atoms. The minimum Gasteiger partial charge on any atom is -0.477 e. The van der Waals surface area contributed by atoms with Gasteiger partial charge in [0.05, 0.1) is 41.5 Å². The Hall–Kier alpha value is -3.67. The molecule has 3 rings (SSSR count). The number of pyridine rings is 1. The van der Waals surface area contributed by atoms with E-state index in [9.17, 15) is 19.7 Å². The normalized spacial score (nSPS) is 11.7. The standard InChI is InChI=1S/C25H30BrN5O6/c1-5-16(13-27-21-12-18(26)8-9-22(21)31(34)35)7-6-10-37-24-20(14-28-30(24)3)19-11-17(25(33)36-4)15-29(2)23(19)32/h8-9,11-12,14-16,27H,5-7,10,13H2,1-4H3. The van der Waals surface area contributed by atoms with E-state index in [0.29, 0.717) is 35.8 Å². The summed E-state index contributed by atoms with van der Waals surface area (Å²) in [5.74, 6) is 0.155. The zero-order valence-electron chi connectivity index (χ0n) is 21.2. The molecule has 0 aliphatic heterocycles. The molecule has 198 valence electrons. The van der Waals surface area contributed by atoms with Gasteiger partial charge in [-0.25, -0.2) is 9.48 Å². The van der Waals surface area contributed by atoms with E-state index in [0.717, 1.165) is 23.7 Å². The smallest absolute Gasteiger partial charge is 0.339 e. The minimum atomic E-state index is -0.546. The molecule has 0 aliphatic rings. The number of aryl methyl sites for hydroxylation is 2. The van der Waals surface area contributed by atoms with Crippen molar-refractivity contribution in [3.05, 3.63) is 67.2 Å². The summed E-state index contributed by atoms with van der Waals surface area (Å²) in [6.07, 6.45) is 5.42. The first-order valence-electron chi connectivity index (χ1n) is 11.8. The molecule has 0 amide bonds. The van der Waals surface area contributed by atoms with Crippen molar-refractivity contribution in [2.24, 2.45) is 20.0 Å². The molecule has 0 saturated carbocycles. The van der Waals surface area contributed by atoms with E-state index >= 15 is 0 Å². The molecule has 0 fully saturated rings. The third kappa shape index (κ3) is 6.76. The maximum absolute atomic E-state index is 12.8. The number of esters is 1. The van der Waals surface area contributed by atoms with E-state index in [1.54, 1.807) is 30.9 Å². The molecule has 2 aromatic heterocycles. The van der Waals surface area contributed by atoms with Gasteiger partial charge < -0.3 is 19.4 Å². The number of methoxy groups -OCH3 is 1. The lowest BCUT2D eigenvalue weighted by Crippen LogP contribution is -2.20. The van der Waals surface area contributed by atoms with Gasteiger partial charge in [-0.05, 0) is 37.0 Å². The summed E-state index contributed by atoms with van der Waals surface area (Å²) in [5.41, 5.74) is 1.25. The summed E-state index contributed by atoms with van der Waals surface area (Å²) in [7, 11) is 4.57. The average molecular weight is 576 g/mol. The quantitative estimate of drug-likeness (QED) is 0.144. The first-order valence-corrected chi connectivity index (χ1v) is 12.6. The highest BCUT2D eigenvalue weighted by molar-refractivity contribution is 9.10. The van der Waals surface area contributed by atoms with Crippen molar-refractivity contribution < 1.29 is 19.2 Å². The van der Waals surface area contributed by atoms with E-state index in [4.69, 9.17) is 9.47 Å². The predicted molar refractivity (Wildman–Crippen MR) is 143 cm³/mol. The molecule has 0 saturated heterocycles. The first kappa shape index (κ1) is 27.9. The molecular formula is C25H30BrN5O6. The number of nitro groups is 1. The van der Waals surface area contributed by atoms with Gasteiger partial charge in [0, 0.05) is 37.4 Å². The number of aromatic nitrogens is 3. The topological polar surface area (TPSA) is 131 Å². The van der Waals surface area contributed by atoms with Gasteiger partial charge >= 0.3 is 5.97 Å². The Labute approximate surface area is 222 Å². The predicted octanol–water partition coefficient (Wildman–Crippen LogP) is 4.54. The fourth-order valence-electron chi connectivity index (χ4n) is 3.97. The van der Waals surface area contributed by atoms with Crippen LogP contribution in [-0.4, -0.2) is 45.5 Å². The van der Waals surface area contributed by atoms with Gasteiger partial charge in [-0.2, -0.15) is 5.10 Å². The van der Waals surface area contributed by atoms with Crippen molar-refractivity contribution in [2.75, 3.05) is 25.6 Å². The Morgan fingerprint density at radius 2 is 2.03 bits per heavy atom. The number of benzene rings is 1. The first-order chi connectivity index (χ1) is 17.7. The Kier molecular flexibility index (Phi) is 9.45. The van der Waals surface area contributed by atoms with Crippen LogP contribution in [0.5, 0.6) is 5.88 Å². The van der Waals surface area contributed by atoms with Crippen LogP contribution in [0.2, 0.25) is 0 Å². The van der Waals surface area contributed by atoms with Gasteiger partial charge in [0.1, 0.15) is 5.69 Å². The monoisotopic (exact) mass is 575 g/mol. The second kappa shape index (κ2) is 12.5. The molecule has 1 unspecified atom stereocenters. The van der Waals surface area contributed by atoms with Crippen LogP contribution in [0, 0.1) is 16.0 Å². The van der Waals surface area contributed by atoms with Crippen LogP contribution in [-0.2, 0) is 18.8 Å². The Balaban J connectivity index is 1.65. The number of carbonyl (C=O) groups excluding carboxylic acids is 1. The highest BCUT2D eigenvalue weighted by Gasteiger charge is 2.20. The second-order valence-electron chi connectivity index (χ2n) is 8.60. The van der Waals surface area contributed by atoms with Crippen LogP contribution in [0.15, 0.2) is 45.9 Å². The van der Waals surface area contributed by atoms with Gasteiger partial charge in [-0.1, -0.05) is 29.3 Å². The second-order valence-corrected chi connectivity index (χ2v) is 9.52. The molecule has 3 aromatic rings. The number of anilines is 1. The fourth-order valence-corrected chi connectivity index (χ4v) is 4.33. The molecule has 0 bridgehead atoms. The highest BCUT2D eigenvalue weighted by Crippen LogP contribution is 2.30. The van der Waals surface area contributed by atoms with Crippen LogP contribution >= 0.6 is 15.9 Å². The fraction of sp³-hybridized carbons (Fsp3) is 0.400.